The molecule has 0 fully saturated rings. The summed E-state index contributed by atoms with van der Waals surface area (Å²) < 4.78 is 6.63. The standard InChI is InChI=1S/C27H24N2O3/c1-16-13-22-20-12-8-7-11-19(20)17(2)28-24(22)25-21(16)14-23(27(31)32-3)26(30)29(25)15-18-9-5-4-6-10-18/h4-12,14,16H,13,15H2,1-3H3. The summed E-state index contributed by atoms with van der Waals surface area (Å²) in [6.07, 6.45) is 0.792. The fraction of sp³-hybridized carbons (Fsp3) is 0.222. The van der Waals surface area contributed by atoms with E-state index in [4.69, 9.17) is 9.72 Å². The summed E-state index contributed by atoms with van der Waals surface area (Å²) in [4.78, 5) is 31.0. The molecule has 4 aromatic rings. The number of ether oxygens (including phenoxy) is 1. The molecule has 1 atom stereocenters. The molecule has 160 valence electrons. The predicted molar refractivity (Wildman–Crippen MR) is 125 cm³/mol. The minimum absolute atomic E-state index is 0.0648. The second kappa shape index (κ2) is 7.75. The third-order valence-electron chi connectivity index (χ3n) is 6.38. The van der Waals surface area contributed by atoms with Gasteiger partial charge in [-0.2, -0.15) is 0 Å². The van der Waals surface area contributed by atoms with E-state index in [0.717, 1.165) is 45.6 Å². The molecule has 5 heteroatoms. The molecular formula is C27H24N2O3. The first kappa shape index (κ1) is 20.2. The first-order chi connectivity index (χ1) is 15.5. The molecule has 1 unspecified atom stereocenters. The maximum Gasteiger partial charge on any atom is 0.343 e. The highest BCUT2D eigenvalue weighted by molar-refractivity contribution is 5.94. The van der Waals surface area contributed by atoms with Crippen LogP contribution in [0.2, 0.25) is 0 Å². The van der Waals surface area contributed by atoms with Crippen LogP contribution in [0.5, 0.6) is 0 Å². The maximum absolute atomic E-state index is 13.5. The van der Waals surface area contributed by atoms with Crippen LogP contribution in [-0.2, 0) is 17.7 Å². The molecule has 32 heavy (non-hydrogen) atoms. The van der Waals surface area contributed by atoms with Crippen molar-refractivity contribution in [3.63, 3.8) is 0 Å². The second-order valence-electron chi connectivity index (χ2n) is 8.41. The zero-order valence-electron chi connectivity index (χ0n) is 18.4. The molecule has 0 N–H and O–H groups in total. The van der Waals surface area contributed by atoms with Crippen molar-refractivity contribution in [2.45, 2.75) is 32.7 Å². The van der Waals surface area contributed by atoms with E-state index in [1.165, 1.54) is 12.5 Å². The summed E-state index contributed by atoms with van der Waals surface area (Å²) in [7, 11) is 1.30. The van der Waals surface area contributed by atoms with Crippen molar-refractivity contribution in [3.05, 3.63) is 99.0 Å². The molecule has 5 nitrogen and oxygen atoms in total. The smallest absolute Gasteiger partial charge is 0.343 e. The van der Waals surface area contributed by atoms with Crippen LogP contribution in [0.1, 0.15) is 45.6 Å². The number of pyridine rings is 2. The third-order valence-corrected chi connectivity index (χ3v) is 6.38. The van der Waals surface area contributed by atoms with Gasteiger partial charge in [0.05, 0.1) is 25.0 Å². The minimum Gasteiger partial charge on any atom is -0.465 e. The Hall–Kier alpha value is -3.73. The topological polar surface area (TPSA) is 61.2 Å². The number of hydrogen-bond donors (Lipinski definition) is 0. The number of hydrogen-bond acceptors (Lipinski definition) is 4. The summed E-state index contributed by atoms with van der Waals surface area (Å²) in [5.41, 5.74) is 5.36. The van der Waals surface area contributed by atoms with Crippen molar-refractivity contribution in [3.8, 4) is 11.4 Å². The second-order valence-corrected chi connectivity index (χ2v) is 8.41. The molecule has 2 aromatic carbocycles. The third kappa shape index (κ3) is 3.12. The van der Waals surface area contributed by atoms with Crippen molar-refractivity contribution in [2.75, 3.05) is 7.11 Å². The molecule has 2 aromatic heterocycles. The molecule has 0 bridgehead atoms. The van der Waals surface area contributed by atoms with Gasteiger partial charge in [-0.1, -0.05) is 61.5 Å². The van der Waals surface area contributed by atoms with E-state index in [-0.39, 0.29) is 17.0 Å². The average molecular weight is 425 g/mol. The van der Waals surface area contributed by atoms with Gasteiger partial charge in [0.2, 0.25) is 0 Å². The quantitative estimate of drug-likeness (QED) is 0.441. The Bertz CT molecular complexity index is 1420. The number of methoxy groups -OCH3 is 1. The number of fused-ring (bicyclic) bond motifs is 5. The Morgan fingerprint density at radius 3 is 2.50 bits per heavy atom. The van der Waals surface area contributed by atoms with Crippen LogP contribution in [0.15, 0.2) is 65.5 Å². The van der Waals surface area contributed by atoms with Crippen LogP contribution in [0.25, 0.3) is 22.2 Å². The van der Waals surface area contributed by atoms with Gasteiger partial charge >= 0.3 is 5.97 Å². The normalized spacial score (nSPS) is 14.7. The lowest BCUT2D eigenvalue weighted by Gasteiger charge is -2.29. The first-order valence-corrected chi connectivity index (χ1v) is 10.8. The lowest BCUT2D eigenvalue weighted by Crippen LogP contribution is -2.32. The first-order valence-electron chi connectivity index (χ1n) is 10.8. The van der Waals surface area contributed by atoms with Gasteiger partial charge in [0.1, 0.15) is 5.56 Å². The Balaban J connectivity index is 1.87. The van der Waals surface area contributed by atoms with Gasteiger partial charge in [0, 0.05) is 11.1 Å². The van der Waals surface area contributed by atoms with Crippen molar-refractivity contribution in [1.29, 1.82) is 0 Å². The van der Waals surface area contributed by atoms with Crippen molar-refractivity contribution in [1.82, 2.24) is 9.55 Å². The Morgan fingerprint density at radius 1 is 1.09 bits per heavy atom. The molecule has 0 saturated heterocycles. The molecular weight excluding hydrogens is 400 g/mol. The summed E-state index contributed by atoms with van der Waals surface area (Å²) in [5, 5.41) is 2.30. The summed E-state index contributed by atoms with van der Waals surface area (Å²) in [6, 6.07) is 19.8. The minimum atomic E-state index is -0.611. The van der Waals surface area contributed by atoms with E-state index in [2.05, 4.69) is 19.1 Å². The van der Waals surface area contributed by atoms with Gasteiger partial charge in [-0.15, -0.1) is 0 Å². The van der Waals surface area contributed by atoms with Crippen LogP contribution in [0, 0.1) is 6.92 Å². The average Bonchev–Trinajstić information content (AvgIpc) is 2.81. The van der Waals surface area contributed by atoms with Crippen molar-refractivity contribution < 1.29 is 9.53 Å². The SMILES string of the molecule is COC(=O)c1cc2c(n(Cc3ccccc3)c1=O)-c1nc(C)c3ccccc3c1CC2C. The summed E-state index contributed by atoms with van der Waals surface area (Å²) >= 11 is 0. The molecule has 1 aliphatic carbocycles. The van der Waals surface area contributed by atoms with Crippen LogP contribution in [0.4, 0.5) is 0 Å². The number of nitrogens with zero attached hydrogens (tertiary/aromatic N) is 2. The van der Waals surface area contributed by atoms with E-state index in [1.54, 1.807) is 10.6 Å². The largest absolute Gasteiger partial charge is 0.465 e. The Labute approximate surface area is 186 Å². The zero-order valence-corrected chi connectivity index (χ0v) is 18.4. The molecule has 0 spiro atoms. The van der Waals surface area contributed by atoms with Gasteiger partial charge < -0.3 is 9.30 Å². The highest BCUT2D eigenvalue weighted by Gasteiger charge is 2.31. The van der Waals surface area contributed by atoms with Crippen LogP contribution < -0.4 is 5.56 Å². The van der Waals surface area contributed by atoms with Gasteiger partial charge in [0.25, 0.3) is 5.56 Å². The molecule has 0 amide bonds. The Kier molecular flexibility index (Phi) is 4.89. The van der Waals surface area contributed by atoms with Crippen LogP contribution in [0.3, 0.4) is 0 Å². The number of carbonyl (C=O) groups excluding carboxylic acids is 1. The number of aryl methyl sites for hydroxylation is 1. The lowest BCUT2D eigenvalue weighted by atomic mass is 9.81. The zero-order chi connectivity index (χ0) is 22.4. The monoisotopic (exact) mass is 424 g/mol. The van der Waals surface area contributed by atoms with Gasteiger partial charge in [-0.3, -0.25) is 9.78 Å². The lowest BCUT2D eigenvalue weighted by molar-refractivity contribution is 0.0598. The van der Waals surface area contributed by atoms with E-state index in [0.29, 0.717) is 6.54 Å². The fourth-order valence-corrected chi connectivity index (χ4v) is 4.81. The van der Waals surface area contributed by atoms with E-state index in [9.17, 15) is 9.59 Å². The van der Waals surface area contributed by atoms with Crippen molar-refractivity contribution >= 4 is 16.7 Å². The van der Waals surface area contributed by atoms with Crippen LogP contribution in [-0.4, -0.2) is 22.6 Å². The number of esters is 1. The molecule has 2 heterocycles. The molecule has 1 aliphatic rings. The van der Waals surface area contributed by atoms with Gasteiger partial charge in [0.15, 0.2) is 0 Å². The highest BCUT2D eigenvalue weighted by atomic mass is 16.5. The van der Waals surface area contributed by atoms with Gasteiger partial charge in [-0.25, -0.2) is 4.79 Å². The Morgan fingerprint density at radius 2 is 1.78 bits per heavy atom. The molecule has 5 rings (SSSR count). The summed E-state index contributed by atoms with van der Waals surface area (Å²) in [6.45, 7) is 4.49. The number of aromatic nitrogens is 2. The van der Waals surface area contributed by atoms with E-state index in [1.807, 2.05) is 49.4 Å². The number of carbonyl (C=O) groups is 1. The fourth-order valence-electron chi connectivity index (χ4n) is 4.81. The van der Waals surface area contributed by atoms with Crippen LogP contribution >= 0.6 is 0 Å². The maximum atomic E-state index is 13.5. The highest BCUT2D eigenvalue weighted by Crippen LogP contribution is 2.41. The summed E-state index contributed by atoms with van der Waals surface area (Å²) in [5.74, 6) is -0.489. The van der Waals surface area contributed by atoms with E-state index < -0.39 is 5.97 Å². The van der Waals surface area contributed by atoms with Gasteiger partial charge in [-0.05, 0) is 47.4 Å². The van der Waals surface area contributed by atoms with E-state index >= 15 is 0 Å². The number of benzene rings is 2. The van der Waals surface area contributed by atoms with Crippen molar-refractivity contribution in [2.24, 2.45) is 0 Å². The predicted octanol–water partition coefficient (Wildman–Crippen LogP) is 4.87. The molecule has 0 saturated carbocycles. The number of rotatable bonds is 3. The molecule has 0 aliphatic heterocycles. The molecule has 0 radical (unpaired) electrons.